The molecule has 0 aromatic carbocycles. The van der Waals surface area contributed by atoms with Crippen LogP contribution in [0.2, 0.25) is 0 Å². The Kier molecular flexibility index (Phi) is 16.4. The van der Waals surface area contributed by atoms with Crippen molar-refractivity contribution in [2.24, 2.45) is 22.4 Å². The van der Waals surface area contributed by atoms with Gasteiger partial charge >= 0.3 is 18.4 Å². The summed E-state index contributed by atoms with van der Waals surface area (Å²) in [5.41, 5.74) is -7.82. The average molecular weight is 1070 g/mol. The van der Waals surface area contributed by atoms with Gasteiger partial charge in [0.15, 0.2) is 10.1 Å². The molecule has 6 heterocycles. The fourth-order valence-electron chi connectivity index (χ4n) is 8.94. The number of halogens is 6. The van der Waals surface area contributed by atoms with Crippen molar-refractivity contribution in [1.82, 2.24) is 24.2 Å². The number of aromatic nitrogens is 4. The molecule has 0 bridgehead atoms. The summed E-state index contributed by atoms with van der Waals surface area (Å²) in [6.07, 6.45) is -7.31. The van der Waals surface area contributed by atoms with E-state index in [2.05, 4.69) is 25.3 Å². The van der Waals surface area contributed by atoms with Crippen LogP contribution in [0.4, 0.5) is 54.1 Å². The summed E-state index contributed by atoms with van der Waals surface area (Å²) in [5, 5.41) is 25.6. The van der Waals surface area contributed by atoms with E-state index in [0.717, 1.165) is 30.6 Å². The summed E-state index contributed by atoms with van der Waals surface area (Å²) in [6, 6.07) is 4.42. The number of aliphatic hydroxyl groups excluding tert-OH is 2. The van der Waals surface area contributed by atoms with Gasteiger partial charge in [0.05, 0.1) is 33.5 Å². The summed E-state index contributed by atoms with van der Waals surface area (Å²) in [7, 11) is -10.1. The fraction of sp³-hybridized carbons (Fsp3) is 0.489. The zero-order valence-electron chi connectivity index (χ0n) is 40.1. The highest BCUT2D eigenvalue weighted by Gasteiger charge is 2.47. The van der Waals surface area contributed by atoms with Crippen molar-refractivity contribution in [3.05, 3.63) is 83.4 Å². The molecule has 398 valence electrons. The van der Waals surface area contributed by atoms with Gasteiger partial charge in [-0.15, -0.1) is 5.06 Å². The van der Waals surface area contributed by atoms with Crippen molar-refractivity contribution in [1.29, 1.82) is 0 Å². The second-order valence-electron chi connectivity index (χ2n) is 19.5. The molecule has 3 amide bonds. The molecule has 4 aromatic rings. The first-order valence-electron chi connectivity index (χ1n) is 22.6. The minimum Gasteiger partial charge on any atom is -0.396 e. The Morgan fingerprint density at radius 3 is 1.77 bits per heavy atom. The third kappa shape index (κ3) is 13.3. The SMILES string of the molecule is CC(C)(C)CC(C)(C)N(C(=O)ON(C(=O)c1cc(C(F)(F)F)cnc1N1CCCC(CO)C1)c1ccnc(S(N)(=O)=O)c1)S(=O)(=O)c1cc(NC(=O)c2cc(C(F)(F)F)cnc2N2CCCC(CO)C2)ccn1. The van der Waals surface area contributed by atoms with E-state index in [1.54, 1.807) is 25.7 Å². The number of nitrogens with one attached hydrogen (secondary N) is 1. The Morgan fingerprint density at radius 2 is 1.26 bits per heavy atom. The Bertz CT molecular complexity index is 2940. The van der Waals surface area contributed by atoms with Crippen LogP contribution >= 0.6 is 0 Å². The van der Waals surface area contributed by atoms with Crippen LogP contribution in [0.5, 0.6) is 0 Å². The lowest BCUT2D eigenvalue weighted by Gasteiger charge is -2.40. The molecule has 0 saturated carbocycles. The predicted molar refractivity (Wildman–Crippen MR) is 251 cm³/mol. The van der Waals surface area contributed by atoms with Crippen LogP contribution < -0.4 is 25.3 Å². The molecule has 2 atom stereocenters. The number of sulfonamides is 2. The first-order valence-corrected chi connectivity index (χ1v) is 25.6. The van der Waals surface area contributed by atoms with Gasteiger partial charge in [-0.1, -0.05) is 20.8 Å². The maximum absolute atomic E-state index is 15.0. The first-order chi connectivity index (χ1) is 33.8. The van der Waals surface area contributed by atoms with Crippen LogP contribution in [0.3, 0.4) is 0 Å². The van der Waals surface area contributed by atoms with Gasteiger partial charge in [-0.25, -0.2) is 38.3 Å². The largest absolute Gasteiger partial charge is 0.449 e. The zero-order valence-corrected chi connectivity index (χ0v) is 41.7. The predicted octanol–water partition coefficient (Wildman–Crippen LogP) is 6.23. The molecule has 73 heavy (non-hydrogen) atoms. The van der Waals surface area contributed by atoms with Crippen LogP contribution in [0, 0.1) is 17.3 Å². The number of hydrogen-bond acceptors (Lipinski definition) is 16. The van der Waals surface area contributed by atoms with Gasteiger partial charge in [0.1, 0.15) is 11.6 Å². The third-order valence-corrected chi connectivity index (χ3v) is 14.5. The summed E-state index contributed by atoms with van der Waals surface area (Å²) >= 11 is 0. The lowest BCUT2D eigenvalue weighted by molar-refractivity contribution is -0.138. The Labute approximate surface area is 416 Å². The topological polar surface area (TPSA) is 272 Å². The lowest BCUT2D eigenvalue weighted by Crippen LogP contribution is -2.54. The van der Waals surface area contributed by atoms with Crippen molar-refractivity contribution in [3.8, 4) is 0 Å². The fourth-order valence-corrected chi connectivity index (χ4v) is 11.0. The molecule has 2 aliphatic heterocycles. The van der Waals surface area contributed by atoms with Gasteiger partial charge in [0, 0.05) is 82.0 Å². The van der Waals surface area contributed by atoms with Crippen LogP contribution in [0.25, 0.3) is 0 Å². The number of aliphatic hydroxyl groups is 2. The number of pyridine rings is 4. The number of piperidine rings is 2. The van der Waals surface area contributed by atoms with E-state index in [1.165, 1.54) is 18.7 Å². The van der Waals surface area contributed by atoms with Crippen molar-refractivity contribution < 1.29 is 72.6 Å². The molecule has 0 radical (unpaired) electrons. The number of primary sulfonamides is 1. The molecule has 2 saturated heterocycles. The van der Waals surface area contributed by atoms with Gasteiger partial charge in [0.25, 0.3) is 31.9 Å². The van der Waals surface area contributed by atoms with E-state index in [1.807, 2.05) is 0 Å². The van der Waals surface area contributed by atoms with Crippen LogP contribution in [0.1, 0.15) is 98.6 Å². The van der Waals surface area contributed by atoms with Crippen molar-refractivity contribution in [2.75, 3.05) is 59.6 Å². The van der Waals surface area contributed by atoms with Crippen molar-refractivity contribution >= 4 is 61.0 Å². The highest BCUT2D eigenvalue weighted by molar-refractivity contribution is 7.89. The monoisotopic (exact) mass is 1070 g/mol. The number of nitrogens with two attached hydrogens (primary N) is 1. The molecule has 4 aromatic heterocycles. The highest BCUT2D eigenvalue weighted by atomic mass is 32.2. The second kappa shape index (κ2) is 21.3. The quantitative estimate of drug-likeness (QED) is 0.0854. The van der Waals surface area contributed by atoms with Crippen LogP contribution in [0.15, 0.2) is 71.2 Å². The molecule has 2 aliphatic rings. The van der Waals surface area contributed by atoms with Crippen molar-refractivity contribution in [2.45, 2.75) is 94.7 Å². The average Bonchev–Trinajstić information content (AvgIpc) is 3.31. The normalized spacial score (nSPS) is 17.2. The van der Waals surface area contributed by atoms with Crippen LogP contribution in [-0.2, 0) is 37.2 Å². The van der Waals surface area contributed by atoms with E-state index >= 15 is 8.42 Å². The lowest BCUT2D eigenvalue weighted by atomic mass is 9.82. The Hall–Kier alpha value is -6.23. The van der Waals surface area contributed by atoms with E-state index in [0.29, 0.717) is 56.3 Å². The smallest absolute Gasteiger partial charge is 0.396 e. The third-order valence-electron chi connectivity index (χ3n) is 11.8. The number of hydrogen-bond donors (Lipinski definition) is 4. The standard InChI is InChI=1S/C45H54F6N10O10S2/c1-42(2,3)26-43(4,5)61(73(69,70)36-18-31(10-12-54-36)57-39(64)33-16-29(44(46,47)48)20-55-37(33)58-14-6-8-27(22-58)24-62)41(66)71-60(32-11-13-53-35(19-32)72(52,67)68)40(65)34-17-30(45(49,50)51)21-56-38(34)59-15-7-9-28(23-59)25-63/h10-13,16-21,27-28,62-63H,6-9,14-15,22-26H2,1-5H3,(H2,52,67,68)(H,54,57,64). The number of carbonyl (C=O) groups is 3. The number of hydroxylamine groups is 1. The minimum absolute atomic E-state index is 0.0147. The number of anilines is 4. The summed E-state index contributed by atoms with van der Waals surface area (Å²) in [5.74, 6) is -3.93. The summed E-state index contributed by atoms with van der Waals surface area (Å²) in [6.45, 7) is 7.70. The second-order valence-corrected chi connectivity index (χ2v) is 22.7. The number of carbonyl (C=O) groups excluding carboxylic acids is 3. The zero-order chi connectivity index (χ0) is 54.1. The number of amides is 3. The van der Waals surface area contributed by atoms with Crippen LogP contribution in [-0.4, -0.2) is 114 Å². The number of nitrogens with zero attached hydrogens (tertiary/aromatic N) is 8. The highest BCUT2D eigenvalue weighted by Crippen LogP contribution is 2.39. The molecule has 6 rings (SSSR count). The van der Waals surface area contributed by atoms with E-state index < -0.39 is 105 Å². The summed E-state index contributed by atoms with van der Waals surface area (Å²) in [4.78, 5) is 67.9. The summed E-state index contributed by atoms with van der Waals surface area (Å²) < 4.78 is 140. The maximum atomic E-state index is 15.0. The van der Waals surface area contributed by atoms with Gasteiger partial charge in [-0.2, -0.15) is 39.1 Å². The Balaban J connectivity index is 1.45. The van der Waals surface area contributed by atoms with Gasteiger partial charge in [-0.05, 0) is 87.5 Å². The molecule has 5 N–H and O–H groups in total. The minimum atomic E-state index is -5.38. The molecule has 0 spiro atoms. The molecular formula is C45H54F6N10O10S2. The number of alkyl halides is 6. The van der Waals surface area contributed by atoms with Gasteiger partial charge in [0.2, 0.25) is 0 Å². The number of rotatable bonds is 13. The van der Waals surface area contributed by atoms with E-state index in [4.69, 9.17) is 9.98 Å². The van der Waals surface area contributed by atoms with E-state index in [-0.39, 0.29) is 78.4 Å². The molecule has 2 unspecified atom stereocenters. The molecular weight excluding hydrogens is 1020 g/mol. The molecule has 0 aliphatic carbocycles. The molecule has 28 heteroatoms. The van der Waals surface area contributed by atoms with E-state index in [9.17, 15) is 59.4 Å². The maximum Gasteiger partial charge on any atom is 0.449 e. The molecule has 2 fully saturated rings. The van der Waals surface area contributed by atoms with Gasteiger partial charge in [-0.3, -0.25) is 9.59 Å². The first kappa shape index (κ1) is 56.1. The Morgan fingerprint density at radius 1 is 0.753 bits per heavy atom. The molecule has 20 nitrogen and oxygen atoms in total. The van der Waals surface area contributed by atoms with Crippen molar-refractivity contribution in [3.63, 3.8) is 0 Å². The van der Waals surface area contributed by atoms with Gasteiger partial charge < -0.3 is 30.2 Å².